The molecule has 3 aromatic heterocycles. The van der Waals surface area contributed by atoms with Gasteiger partial charge in [0.25, 0.3) is 0 Å². The summed E-state index contributed by atoms with van der Waals surface area (Å²) in [5.74, 6) is 1.40. The molecule has 0 amide bonds. The van der Waals surface area contributed by atoms with E-state index in [4.69, 9.17) is 15.0 Å². The van der Waals surface area contributed by atoms with E-state index in [0.29, 0.717) is 34.2 Å². The second kappa shape index (κ2) is 17.9. The Hall–Kier alpha value is -10.7. The summed E-state index contributed by atoms with van der Waals surface area (Å²) in [6, 6.07) is 84.4. The average molecular weight is 943 g/mol. The molecule has 0 radical (unpaired) electrons. The van der Waals surface area contributed by atoms with Gasteiger partial charge in [-0.3, -0.25) is 0 Å². The summed E-state index contributed by atoms with van der Waals surface area (Å²) in [6.07, 6.45) is 0. The number of hydrogen-bond acceptors (Lipinski definition) is 6. The smallest absolute Gasteiger partial charge is 0.166 e. The minimum Gasteiger partial charge on any atom is -0.308 e. The van der Waals surface area contributed by atoms with Crippen molar-refractivity contribution >= 4 is 43.6 Å². The van der Waals surface area contributed by atoms with Gasteiger partial charge in [0.05, 0.1) is 68.3 Å². The number of nitrogens with zero attached hydrogens (tertiary/aromatic N) is 8. The van der Waals surface area contributed by atoms with Gasteiger partial charge < -0.3 is 9.13 Å². The lowest BCUT2D eigenvalue weighted by Gasteiger charge is -2.18. The summed E-state index contributed by atoms with van der Waals surface area (Å²) in [4.78, 5) is 16.4. The SMILES string of the molecule is N#Cc1cccc(-c2ccc(-c3nc(-c4ccc(-c5cccc(C#N)c5)cc4-n4c5ccccc5c5ccccc54)nc(-c4ccc(-c5cccc(C#N)c5)cc4-n4c5ccccc5c5ccccc54)n3)cc2)c1. The Bertz CT molecular complexity index is 4190. The van der Waals surface area contributed by atoms with Crippen LogP contribution in [0.15, 0.2) is 231 Å². The van der Waals surface area contributed by atoms with E-state index in [0.717, 1.165) is 105 Å². The zero-order valence-corrected chi connectivity index (χ0v) is 39.5. The highest BCUT2D eigenvalue weighted by Crippen LogP contribution is 2.41. The van der Waals surface area contributed by atoms with Crippen LogP contribution in [0.5, 0.6) is 0 Å². The van der Waals surface area contributed by atoms with Gasteiger partial charge in [0.15, 0.2) is 17.5 Å². The van der Waals surface area contributed by atoms with Crippen LogP contribution in [0, 0.1) is 34.0 Å². The number of fused-ring (bicyclic) bond motifs is 6. The standard InChI is InChI=1S/C66H38N8/c67-39-42-12-9-15-47(34-42)45-26-28-46(29-27-45)64-70-65(56-32-30-50(48-16-10-13-43(35-48)40-68)37-62(56)73-58-22-5-1-18-52(58)53-19-2-6-23-59(53)73)72-66(71-64)57-33-31-51(49-17-11-14-44(36-49)41-69)38-63(57)74-60-24-7-3-20-54(60)55-21-4-8-25-61(55)74/h1-38H. The Morgan fingerprint density at radius 2 is 0.581 bits per heavy atom. The summed E-state index contributed by atoms with van der Waals surface area (Å²) >= 11 is 0. The van der Waals surface area contributed by atoms with Crippen molar-refractivity contribution in [3.05, 3.63) is 247 Å². The molecule has 0 atom stereocenters. The predicted molar refractivity (Wildman–Crippen MR) is 295 cm³/mol. The maximum atomic E-state index is 9.95. The van der Waals surface area contributed by atoms with Crippen LogP contribution in [0.1, 0.15) is 16.7 Å². The van der Waals surface area contributed by atoms with Gasteiger partial charge >= 0.3 is 0 Å². The van der Waals surface area contributed by atoms with Gasteiger partial charge in [0.1, 0.15) is 0 Å². The van der Waals surface area contributed by atoms with Crippen molar-refractivity contribution in [1.29, 1.82) is 15.8 Å². The molecule has 0 aliphatic carbocycles. The van der Waals surface area contributed by atoms with Gasteiger partial charge in [-0.2, -0.15) is 15.8 Å². The Morgan fingerprint density at radius 3 is 0.959 bits per heavy atom. The lowest BCUT2D eigenvalue weighted by Crippen LogP contribution is -2.06. The van der Waals surface area contributed by atoms with Gasteiger partial charge in [-0.25, -0.2) is 15.0 Å². The first kappa shape index (κ1) is 43.3. The maximum Gasteiger partial charge on any atom is 0.166 e. The highest BCUT2D eigenvalue weighted by atomic mass is 15.1. The highest BCUT2D eigenvalue weighted by Gasteiger charge is 2.23. The number of benzene rings is 10. The molecule has 0 N–H and O–H groups in total. The van der Waals surface area contributed by atoms with Crippen LogP contribution in [0.25, 0.3) is 123 Å². The van der Waals surface area contributed by atoms with Crippen LogP contribution < -0.4 is 0 Å². The van der Waals surface area contributed by atoms with Crippen LogP contribution in [0.2, 0.25) is 0 Å². The topological polar surface area (TPSA) is 120 Å². The first-order valence-electron chi connectivity index (χ1n) is 24.2. The van der Waals surface area contributed by atoms with E-state index in [2.05, 4.69) is 161 Å². The van der Waals surface area contributed by atoms with E-state index < -0.39 is 0 Å². The number of para-hydroxylation sites is 4. The normalized spacial score (nSPS) is 11.2. The van der Waals surface area contributed by atoms with Crippen molar-refractivity contribution in [2.24, 2.45) is 0 Å². The molecule has 10 aromatic carbocycles. The third-order valence-electron chi connectivity index (χ3n) is 13.9. The number of rotatable bonds is 8. The molecule has 13 aromatic rings. The number of aromatic nitrogens is 5. The molecular formula is C66H38N8. The summed E-state index contributed by atoms with van der Waals surface area (Å²) in [5, 5.41) is 34.1. The Kier molecular flexibility index (Phi) is 10.5. The van der Waals surface area contributed by atoms with E-state index in [1.54, 1.807) is 6.07 Å². The Balaban J connectivity index is 1.10. The molecule has 13 rings (SSSR count). The second-order valence-corrected chi connectivity index (χ2v) is 18.2. The third-order valence-corrected chi connectivity index (χ3v) is 13.9. The van der Waals surface area contributed by atoms with Gasteiger partial charge in [-0.1, -0.05) is 146 Å². The van der Waals surface area contributed by atoms with Gasteiger partial charge in [-0.05, 0) is 118 Å². The molecule has 0 fully saturated rings. The first-order valence-corrected chi connectivity index (χ1v) is 24.2. The third kappa shape index (κ3) is 7.42. The molecule has 0 aliphatic heterocycles. The lowest BCUT2D eigenvalue weighted by atomic mass is 9.99. The molecule has 8 heteroatoms. The minimum absolute atomic E-state index is 0.462. The van der Waals surface area contributed by atoms with Gasteiger partial charge in [0.2, 0.25) is 0 Å². The van der Waals surface area contributed by atoms with Crippen LogP contribution >= 0.6 is 0 Å². The van der Waals surface area contributed by atoms with E-state index in [-0.39, 0.29) is 0 Å². The van der Waals surface area contributed by atoms with Crippen LogP contribution in [-0.4, -0.2) is 24.1 Å². The molecule has 0 saturated heterocycles. The van der Waals surface area contributed by atoms with Gasteiger partial charge in [-0.15, -0.1) is 0 Å². The van der Waals surface area contributed by atoms with E-state index >= 15 is 0 Å². The molecule has 3 heterocycles. The largest absolute Gasteiger partial charge is 0.308 e. The predicted octanol–water partition coefficient (Wildman–Crippen LogP) is 15.7. The summed E-state index contributed by atoms with van der Waals surface area (Å²) in [5.41, 5.74) is 15.4. The lowest BCUT2D eigenvalue weighted by molar-refractivity contribution is 1.06. The van der Waals surface area contributed by atoms with Crippen LogP contribution in [0.3, 0.4) is 0 Å². The first-order chi connectivity index (χ1) is 36.5. The molecular weight excluding hydrogens is 905 g/mol. The van der Waals surface area contributed by atoms with Crippen molar-refractivity contribution in [3.63, 3.8) is 0 Å². The number of nitriles is 3. The fourth-order valence-corrected chi connectivity index (χ4v) is 10.4. The van der Waals surface area contributed by atoms with Crippen LogP contribution in [0.4, 0.5) is 0 Å². The summed E-state index contributed by atoms with van der Waals surface area (Å²) in [6.45, 7) is 0. The van der Waals surface area contributed by atoms with E-state index in [1.165, 1.54) is 0 Å². The molecule has 342 valence electrons. The van der Waals surface area contributed by atoms with Crippen LogP contribution in [-0.2, 0) is 0 Å². The molecule has 0 aliphatic rings. The quantitative estimate of drug-likeness (QED) is 0.150. The van der Waals surface area contributed by atoms with Crippen molar-refractivity contribution in [2.75, 3.05) is 0 Å². The summed E-state index contributed by atoms with van der Waals surface area (Å²) in [7, 11) is 0. The van der Waals surface area contributed by atoms with Crippen molar-refractivity contribution in [2.45, 2.75) is 0 Å². The monoisotopic (exact) mass is 942 g/mol. The zero-order valence-electron chi connectivity index (χ0n) is 39.5. The molecule has 8 nitrogen and oxygen atoms in total. The van der Waals surface area contributed by atoms with Crippen molar-refractivity contribution in [1.82, 2.24) is 24.1 Å². The second-order valence-electron chi connectivity index (χ2n) is 18.2. The fraction of sp³-hybridized carbons (Fsp3) is 0. The Labute approximate surface area is 425 Å². The summed E-state index contributed by atoms with van der Waals surface area (Å²) < 4.78 is 4.58. The molecule has 0 spiro atoms. The average Bonchev–Trinajstić information content (AvgIpc) is 4.00. The molecule has 0 saturated carbocycles. The van der Waals surface area contributed by atoms with Crippen molar-refractivity contribution < 1.29 is 0 Å². The molecule has 0 bridgehead atoms. The maximum absolute atomic E-state index is 9.95. The van der Waals surface area contributed by atoms with E-state index in [9.17, 15) is 15.8 Å². The highest BCUT2D eigenvalue weighted by molar-refractivity contribution is 6.11. The molecule has 0 unspecified atom stereocenters. The minimum atomic E-state index is 0.462. The zero-order chi connectivity index (χ0) is 49.7. The number of hydrogen-bond donors (Lipinski definition) is 0. The fourth-order valence-electron chi connectivity index (χ4n) is 10.4. The van der Waals surface area contributed by atoms with Crippen molar-refractivity contribution in [3.8, 4) is 97.1 Å². The Morgan fingerprint density at radius 1 is 0.270 bits per heavy atom. The molecule has 74 heavy (non-hydrogen) atoms. The van der Waals surface area contributed by atoms with Gasteiger partial charge in [0, 0.05) is 38.2 Å². The van der Waals surface area contributed by atoms with E-state index in [1.807, 2.05) is 91.0 Å².